The maximum absolute atomic E-state index is 12.4. The first-order valence-electron chi connectivity index (χ1n) is 9.51. The molecule has 1 unspecified atom stereocenters. The number of hydrogen-bond donors (Lipinski definition) is 2. The molecule has 1 aliphatic heterocycles. The molecule has 0 aromatic heterocycles. The highest BCUT2D eigenvalue weighted by Crippen LogP contribution is 2.24. The van der Waals surface area contributed by atoms with E-state index in [0.717, 1.165) is 29.0 Å². The number of amides is 3. The third kappa shape index (κ3) is 4.82. The number of anilines is 1. The molecule has 1 saturated heterocycles. The summed E-state index contributed by atoms with van der Waals surface area (Å²) in [5, 5.41) is 5.77. The van der Waals surface area contributed by atoms with Crippen LogP contribution in [0.4, 0.5) is 10.5 Å². The number of benzene rings is 2. The molecule has 0 bridgehead atoms. The van der Waals surface area contributed by atoms with Gasteiger partial charge >= 0.3 is 6.03 Å². The lowest BCUT2D eigenvalue weighted by molar-refractivity contribution is -0.117. The van der Waals surface area contributed by atoms with Crippen LogP contribution in [0.15, 0.2) is 42.5 Å². The summed E-state index contributed by atoms with van der Waals surface area (Å²) >= 11 is 0. The molecule has 0 radical (unpaired) electrons. The molecule has 0 aliphatic carbocycles. The lowest BCUT2D eigenvalue weighted by Gasteiger charge is -2.18. The van der Waals surface area contributed by atoms with Crippen molar-refractivity contribution >= 4 is 17.6 Å². The van der Waals surface area contributed by atoms with Crippen LogP contribution in [0.2, 0.25) is 0 Å². The third-order valence-corrected chi connectivity index (χ3v) is 5.12. The van der Waals surface area contributed by atoms with Crippen molar-refractivity contribution in [3.63, 3.8) is 0 Å². The molecule has 6 heteroatoms. The number of ether oxygens (including phenoxy) is 1. The van der Waals surface area contributed by atoms with E-state index < -0.39 is 0 Å². The number of nitrogens with one attached hydrogen (secondary N) is 2. The molecule has 1 heterocycles. The Labute approximate surface area is 165 Å². The predicted octanol–water partition coefficient (Wildman–Crippen LogP) is 2.96. The number of carbonyl (C=O) groups excluding carboxylic acids is 2. The highest BCUT2D eigenvalue weighted by Gasteiger charge is 2.31. The van der Waals surface area contributed by atoms with E-state index in [1.54, 1.807) is 12.0 Å². The predicted molar refractivity (Wildman–Crippen MR) is 110 cm³/mol. The maximum atomic E-state index is 12.4. The van der Waals surface area contributed by atoms with Gasteiger partial charge in [0, 0.05) is 25.2 Å². The van der Waals surface area contributed by atoms with Gasteiger partial charge in [-0.05, 0) is 61.2 Å². The van der Waals surface area contributed by atoms with Gasteiger partial charge in [-0.25, -0.2) is 4.79 Å². The zero-order chi connectivity index (χ0) is 20.1. The smallest absolute Gasteiger partial charge is 0.315 e. The van der Waals surface area contributed by atoms with E-state index in [0.29, 0.717) is 19.5 Å². The molecule has 1 atom stereocenters. The molecule has 1 aliphatic rings. The Balaban J connectivity index is 1.46. The molecule has 28 heavy (non-hydrogen) atoms. The van der Waals surface area contributed by atoms with Crippen LogP contribution >= 0.6 is 0 Å². The van der Waals surface area contributed by atoms with Gasteiger partial charge in [-0.2, -0.15) is 0 Å². The quantitative estimate of drug-likeness (QED) is 0.808. The average Bonchev–Trinajstić information content (AvgIpc) is 3.04. The lowest BCUT2D eigenvalue weighted by atomic mass is 10.1. The summed E-state index contributed by atoms with van der Waals surface area (Å²) in [5.74, 6) is 0.848. The van der Waals surface area contributed by atoms with Gasteiger partial charge in [0.25, 0.3) is 0 Å². The maximum Gasteiger partial charge on any atom is 0.315 e. The summed E-state index contributed by atoms with van der Waals surface area (Å²) in [6.07, 6.45) is 1.05. The Kier molecular flexibility index (Phi) is 6.19. The second-order valence-corrected chi connectivity index (χ2v) is 7.17. The van der Waals surface area contributed by atoms with Gasteiger partial charge in [-0.3, -0.25) is 4.79 Å². The molecular formula is C22H27N3O3. The lowest BCUT2D eigenvalue weighted by Crippen LogP contribution is -2.43. The van der Waals surface area contributed by atoms with Gasteiger partial charge in [-0.15, -0.1) is 0 Å². The highest BCUT2D eigenvalue weighted by molar-refractivity contribution is 5.96. The topological polar surface area (TPSA) is 70.7 Å². The van der Waals surface area contributed by atoms with E-state index in [4.69, 9.17) is 4.74 Å². The highest BCUT2D eigenvalue weighted by atomic mass is 16.5. The zero-order valence-corrected chi connectivity index (χ0v) is 16.6. The Hall–Kier alpha value is -3.02. The summed E-state index contributed by atoms with van der Waals surface area (Å²) in [6, 6.07) is 13.3. The van der Waals surface area contributed by atoms with E-state index in [1.165, 1.54) is 5.56 Å². The number of aryl methyl sites for hydroxylation is 2. The number of methoxy groups -OCH3 is 1. The molecule has 1 fully saturated rings. The van der Waals surface area contributed by atoms with Gasteiger partial charge in [0.05, 0.1) is 13.2 Å². The van der Waals surface area contributed by atoms with E-state index >= 15 is 0 Å². The summed E-state index contributed by atoms with van der Waals surface area (Å²) in [5.41, 5.74) is 4.36. The van der Waals surface area contributed by atoms with E-state index in [9.17, 15) is 9.59 Å². The summed E-state index contributed by atoms with van der Waals surface area (Å²) < 4.78 is 5.14. The molecule has 2 aromatic carbocycles. The fourth-order valence-corrected chi connectivity index (χ4v) is 3.30. The summed E-state index contributed by atoms with van der Waals surface area (Å²) in [7, 11) is 1.63. The van der Waals surface area contributed by atoms with Crippen molar-refractivity contribution in [2.45, 2.75) is 32.7 Å². The van der Waals surface area contributed by atoms with Crippen LogP contribution in [-0.2, 0) is 11.2 Å². The molecule has 0 spiro atoms. The van der Waals surface area contributed by atoms with Gasteiger partial charge < -0.3 is 20.3 Å². The van der Waals surface area contributed by atoms with Gasteiger partial charge in [0.2, 0.25) is 5.91 Å². The number of hydrogen-bond acceptors (Lipinski definition) is 3. The molecule has 2 aromatic rings. The van der Waals surface area contributed by atoms with Crippen LogP contribution in [0, 0.1) is 13.8 Å². The second kappa shape index (κ2) is 8.78. The van der Waals surface area contributed by atoms with E-state index in [2.05, 4.69) is 10.6 Å². The fraction of sp³-hybridized carbons (Fsp3) is 0.364. The number of urea groups is 1. The largest absolute Gasteiger partial charge is 0.497 e. The van der Waals surface area contributed by atoms with Crippen LogP contribution in [0.3, 0.4) is 0 Å². The van der Waals surface area contributed by atoms with E-state index in [-0.39, 0.29) is 18.0 Å². The molecule has 6 nitrogen and oxygen atoms in total. The monoisotopic (exact) mass is 381 g/mol. The molecule has 0 saturated carbocycles. The van der Waals surface area contributed by atoms with Crippen LogP contribution in [0.1, 0.15) is 23.1 Å². The first-order chi connectivity index (χ1) is 13.5. The first-order valence-corrected chi connectivity index (χ1v) is 9.51. The molecular weight excluding hydrogens is 354 g/mol. The van der Waals surface area contributed by atoms with Gasteiger partial charge in [-0.1, -0.05) is 18.2 Å². The summed E-state index contributed by atoms with van der Waals surface area (Å²) in [4.78, 5) is 26.3. The van der Waals surface area contributed by atoms with Crippen LogP contribution < -0.4 is 20.3 Å². The minimum absolute atomic E-state index is 0.0341. The van der Waals surface area contributed by atoms with Gasteiger partial charge in [0.15, 0.2) is 0 Å². The average molecular weight is 381 g/mol. The van der Waals surface area contributed by atoms with Crippen molar-refractivity contribution in [2.24, 2.45) is 0 Å². The van der Waals surface area contributed by atoms with Crippen molar-refractivity contribution in [1.29, 1.82) is 0 Å². The van der Waals surface area contributed by atoms with Crippen LogP contribution in [0.25, 0.3) is 0 Å². The SMILES string of the molecule is COc1ccc(CCNC(=O)NC2CC(=O)N(c3ccc(C)c(C)c3)C2)cc1. The number of carbonyl (C=O) groups is 2. The standard InChI is InChI=1S/C22H27N3O3/c1-15-4-7-19(12-16(15)2)25-14-18(13-21(25)26)24-22(27)23-11-10-17-5-8-20(28-3)9-6-17/h4-9,12,18H,10-11,13-14H2,1-3H3,(H2,23,24,27). The molecule has 2 N–H and O–H groups in total. The van der Waals surface area contributed by atoms with E-state index in [1.807, 2.05) is 56.3 Å². The Bertz CT molecular complexity index is 849. The third-order valence-electron chi connectivity index (χ3n) is 5.12. The number of nitrogens with zero attached hydrogens (tertiary/aromatic N) is 1. The normalized spacial score (nSPS) is 16.2. The Morgan fingerprint density at radius 3 is 2.57 bits per heavy atom. The van der Waals surface area contributed by atoms with Crippen molar-refractivity contribution in [2.75, 3.05) is 25.1 Å². The molecule has 3 rings (SSSR count). The zero-order valence-electron chi connectivity index (χ0n) is 16.6. The minimum atomic E-state index is -0.242. The minimum Gasteiger partial charge on any atom is -0.497 e. The molecule has 3 amide bonds. The number of rotatable bonds is 6. The molecule has 148 valence electrons. The fourth-order valence-electron chi connectivity index (χ4n) is 3.30. The van der Waals surface area contributed by atoms with Crippen molar-refractivity contribution < 1.29 is 14.3 Å². The van der Waals surface area contributed by atoms with Crippen LogP contribution in [0.5, 0.6) is 5.75 Å². The van der Waals surface area contributed by atoms with Gasteiger partial charge in [0.1, 0.15) is 5.75 Å². The first kappa shape index (κ1) is 19.7. The second-order valence-electron chi connectivity index (χ2n) is 7.17. The van der Waals surface area contributed by atoms with Crippen molar-refractivity contribution in [1.82, 2.24) is 10.6 Å². The Morgan fingerprint density at radius 2 is 1.89 bits per heavy atom. The Morgan fingerprint density at radius 1 is 1.14 bits per heavy atom. The van der Waals surface area contributed by atoms with Crippen molar-refractivity contribution in [3.8, 4) is 5.75 Å². The summed E-state index contributed by atoms with van der Waals surface area (Å²) in [6.45, 7) is 5.10. The van der Waals surface area contributed by atoms with Crippen molar-refractivity contribution in [3.05, 3.63) is 59.2 Å². The van der Waals surface area contributed by atoms with Crippen LogP contribution in [-0.4, -0.2) is 38.2 Å².